The highest BCUT2D eigenvalue weighted by molar-refractivity contribution is 9.10. The predicted molar refractivity (Wildman–Crippen MR) is 83.7 cm³/mol. The SMILES string of the molecule is Clc1nc(Nc2ccc(Br)cc2)nc(N2CCCC2)n1. The van der Waals surface area contributed by atoms with Crippen LogP contribution in [0.25, 0.3) is 0 Å². The summed E-state index contributed by atoms with van der Waals surface area (Å²) in [5.41, 5.74) is 0.905. The van der Waals surface area contributed by atoms with Crippen LogP contribution in [0.4, 0.5) is 17.6 Å². The molecule has 1 aromatic heterocycles. The molecule has 1 aliphatic heterocycles. The Morgan fingerprint density at radius 2 is 1.75 bits per heavy atom. The van der Waals surface area contributed by atoms with Gasteiger partial charge in [0.05, 0.1) is 0 Å². The lowest BCUT2D eigenvalue weighted by atomic mass is 10.3. The number of halogens is 2. The molecule has 7 heteroatoms. The highest BCUT2D eigenvalue weighted by atomic mass is 79.9. The van der Waals surface area contributed by atoms with E-state index in [2.05, 4.69) is 41.1 Å². The summed E-state index contributed by atoms with van der Waals surface area (Å²) in [5, 5.41) is 3.35. The molecule has 0 radical (unpaired) electrons. The summed E-state index contributed by atoms with van der Waals surface area (Å²) in [5.74, 6) is 1.11. The Labute approximate surface area is 130 Å². The molecule has 1 aliphatic rings. The van der Waals surface area contributed by atoms with Gasteiger partial charge < -0.3 is 10.2 Å². The zero-order valence-electron chi connectivity index (χ0n) is 10.7. The molecule has 0 spiro atoms. The number of nitrogens with one attached hydrogen (secondary N) is 1. The third-order valence-electron chi connectivity index (χ3n) is 3.09. The molecule has 0 amide bonds. The van der Waals surface area contributed by atoms with Crippen molar-refractivity contribution in [2.24, 2.45) is 0 Å². The molecule has 20 heavy (non-hydrogen) atoms. The van der Waals surface area contributed by atoms with Crippen molar-refractivity contribution in [1.29, 1.82) is 0 Å². The Morgan fingerprint density at radius 3 is 2.45 bits per heavy atom. The first-order chi connectivity index (χ1) is 9.70. The van der Waals surface area contributed by atoms with E-state index in [1.54, 1.807) is 0 Å². The van der Waals surface area contributed by atoms with E-state index in [-0.39, 0.29) is 5.28 Å². The van der Waals surface area contributed by atoms with Crippen molar-refractivity contribution in [3.63, 3.8) is 0 Å². The minimum Gasteiger partial charge on any atom is -0.341 e. The summed E-state index contributed by atoms with van der Waals surface area (Å²) >= 11 is 9.39. The van der Waals surface area contributed by atoms with Crippen molar-refractivity contribution in [2.45, 2.75) is 12.8 Å². The third kappa shape index (κ3) is 3.19. The number of aromatic nitrogens is 3. The van der Waals surface area contributed by atoms with Gasteiger partial charge >= 0.3 is 0 Å². The highest BCUT2D eigenvalue weighted by Crippen LogP contribution is 2.21. The van der Waals surface area contributed by atoms with Gasteiger partial charge in [-0.05, 0) is 48.7 Å². The lowest BCUT2D eigenvalue weighted by molar-refractivity contribution is 0.883. The minimum atomic E-state index is 0.210. The van der Waals surface area contributed by atoms with Gasteiger partial charge in [0, 0.05) is 23.2 Å². The van der Waals surface area contributed by atoms with Gasteiger partial charge in [-0.1, -0.05) is 15.9 Å². The molecule has 3 rings (SSSR count). The summed E-state index contributed by atoms with van der Waals surface area (Å²) in [7, 11) is 0. The van der Waals surface area contributed by atoms with E-state index in [0.717, 1.165) is 23.2 Å². The van der Waals surface area contributed by atoms with Crippen LogP contribution in [-0.4, -0.2) is 28.0 Å². The monoisotopic (exact) mass is 353 g/mol. The molecular formula is C13H13BrClN5. The van der Waals surface area contributed by atoms with Crippen LogP contribution >= 0.6 is 27.5 Å². The Hall–Kier alpha value is -1.40. The Balaban J connectivity index is 1.83. The molecule has 1 aromatic carbocycles. The summed E-state index contributed by atoms with van der Waals surface area (Å²) in [6, 6.07) is 7.79. The Bertz CT molecular complexity index is 598. The average Bonchev–Trinajstić information content (AvgIpc) is 2.95. The van der Waals surface area contributed by atoms with E-state index in [1.807, 2.05) is 24.3 Å². The molecule has 2 aromatic rings. The standard InChI is InChI=1S/C13H13BrClN5/c14-9-3-5-10(6-4-9)16-12-17-11(15)18-13(19-12)20-7-1-2-8-20/h3-6H,1-2,7-8H2,(H,16,17,18,19). The minimum absolute atomic E-state index is 0.210. The van der Waals surface area contributed by atoms with Gasteiger partial charge in [-0.25, -0.2) is 0 Å². The van der Waals surface area contributed by atoms with Crippen LogP contribution in [0, 0.1) is 0 Å². The molecule has 0 atom stereocenters. The van der Waals surface area contributed by atoms with Gasteiger partial charge in [0.1, 0.15) is 0 Å². The normalized spacial score (nSPS) is 14.6. The number of nitrogens with zero attached hydrogens (tertiary/aromatic N) is 4. The number of rotatable bonds is 3. The number of hydrogen-bond donors (Lipinski definition) is 1. The molecule has 0 aliphatic carbocycles. The van der Waals surface area contributed by atoms with Crippen LogP contribution in [0.2, 0.25) is 5.28 Å². The van der Waals surface area contributed by atoms with Crippen LogP contribution < -0.4 is 10.2 Å². The molecule has 1 saturated heterocycles. The van der Waals surface area contributed by atoms with Crippen molar-refractivity contribution >= 4 is 45.1 Å². The summed E-state index contributed by atoms with van der Waals surface area (Å²) in [4.78, 5) is 14.9. The molecule has 104 valence electrons. The quantitative estimate of drug-likeness (QED) is 0.912. The first-order valence-electron chi connectivity index (χ1n) is 6.40. The van der Waals surface area contributed by atoms with Gasteiger partial charge in [-0.2, -0.15) is 15.0 Å². The van der Waals surface area contributed by atoms with Crippen molar-refractivity contribution in [3.8, 4) is 0 Å². The Kier molecular flexibility index (Phi) is 4.03. The van der Waals surface area contributed by atoms with Gasteiger partial charge in [-0.3, -0.25) is 0 Å². The zero-order chi connectivity index (χ0) is 13.9. The fourth-order valence-corrected chi connectivity index (χ4v) is 2.54. The second-order valence-corrected chi connectivity index (χ2v) is 5.81. The average molecular weight is 355 g/mol. The second kappa shape index (κ2) is 5.93. The number of benzene rings is 1. The van der Waals surface area contributed by atoms with Crippen LogP contribution in [0.3, 0.4) is 0 Å². The zero-order valence-corrected chi connectivity index (χ0v) is 13.0. The fraction of sp³-hybridized carbons (Fsp3) is 0.308. The van der Waals surface area contributed by atoms with E-state index in [9.17, 15) is 0 Å². The molecule has 2 heterocycles. The summed E-state index contributed by atoms with van der Waals surface area (Å²) in [6.07, 6.45) is 2.33. The third-order valence-corrected chi connectivity index (χ3v) is 3.78. The predicted octanol–water partition coefficient (Wildman–Crippen LogP) is 3.63. The van der Waals surface area contributed by atoms with E-state index >= 15 is 0 Å². The van der Waals surface area contributed by atoms with E-state index < -0.39 is 0 Å². The molecule has 0 unspecified atom stereocenters. The lowest BCUT2D eigenvalue weighted by Gasteiger charge is -2.15. The van der Waals surface area contributed by atoms with Crippen LogP contribution in [0.1, 0.15) is 12.8 Å². The summed E-state index contributed by atoms with van der Waals surface area (Å²) < 4.78 is 1.02. The maximum atomic E-state index is 5.98. The maximum Gasteiger partial charge on any atom is 0.233 e. The van der Waals surface area contributed by atoms with Crippen LogP contribution in [0.5, 0.6) is 0 Å². The molecular weight excluding hydrogens is 342 g/mol. The van der Waals surface area contributed by atoms with Crippen molar-refractivity contribution in [1.82, 2.24) is 15.0 Å². The number of hydrogen-bond acceptors (Lipinski definition) is 5. The largest absolute Gasteiger partial charge is 0.341 e. The van der Waals surface area contributed by atoms with Gasteiger partial charge in [0.25, 0.3) is 0 Å². The highest BCUT2D eigenvalue weighted by Gasteiger charge is 2.16. The first kappa shape index (κ1) is 13.6. The van der Waals surface area contributed by atoms with Crippen LogP contribution in [-0.2, 0) is 0 Å². The lowest BCUT2D eigenvalue weighted by Crippen LogP contribution is -2.21. The van der Waals surface area contributed by atoms with Crippen molar-refractivity contribution in [3.05, 3.63) is 34.0 Å². The Morgan fingerprint density at radius 1 is 1.05 bits per heavy atom. The maximum absolute atomic E-state index is 5.98. The smallest absolute Gasteiger partial charge is 0.233 e. The molecule has 1 fully saturated rings. The topological polar surface area (TPSA) is 53.9 Å². The van der Waals surface area contributed by atoms with Gasteiger partial charge in [0.15, 0.2) is 0 Å². The van der Waals surface area contributed by atoms with Crippen molar-refractivity contribution < 1.29 is 0 Å². The number of anilines is 3. The van der Waals surface area contributed by atoms with Gasteiger partial charge in [-0.15, -0.1) is 0 Å². The molecule has 5 nitrogen and oxygen atoms in total. The summed E-state index contributed by atoms with van der Waals surface area (Å²) in [6.45, 7) is 1.94. The van der Waals surface area contributed by atoms with E-state index in [1.165, 1.54) is 12.8 Å². The molecule has 0 saturated carbocycles. The molecule has 0 bridgehead atoms. The first-order valence-corrected chi connectivity index (χ1v) is 7.57. The van der Waals surface area contributed by atoms with E-state index in [0.29, 0.717) is 11.9 Å². The fourth-order valence-electron chi connectivity index (χ4n) is 2.12. The molecule has 1 N–H and O–H groups in total. The van der Waals surface area contributed by atoms with Crippen molar-refractivity contribution in [2.75, 3.05) is 23.3 Å². The van der Waals surface area contributed by atoms with E-state index in [4.69, 9.17) is 11.6 Å². The van der Waals surface area contributed by atoms with Crippen LogP contribution in [0.15, 0.2) is 28.7 Å². The second-order valence-electron chi connectivity index (χ2n) is 4.55. The van der Waals surface area contributed by atoms with Gasteiger partial charge in [0.2, 0.25) is 17.2 Å².